The molecular formula is C17H19N5O. The van der Waals surface area contributed by atoms with Gasteiger partial charge in [0, 0.05) is 29.2 Å². The number of anilines is 1. The quantitative estimate of drug-likeness (QED) is 0.680. The summed E-state index contributed by atoms with van der Waals surface area (Å²) in [4.78, 5) is 15.9. The van der Waals surface area contributed by atoms with Crippen molar-refractivity contribution in [2.45, 2.75) is 32.4 Å². The van der Waals surface area contributed by atoms with E-state index < -0.39 is 0 Å². The molecular weight excluding hydrogens is 290 g/mol. The molecule has 1 aliphatic rings. The molecule has 118 valence electrons. The standard InChI is InChI=1S/C17H19N5O/c1-10-16(11-5-2-3-7-13(11)19-10)20-17(23)14-9-15-12(18)6-4-8-22(15)21-14/h2-3,5,7,9,12,19H,4,6,8,18H2,1H3,(H,20,23). The minimum atomic E-state index is -0.202. The first-order valence-corrected chi connectivity index (χ1v) is 7.85. The van der Waals surface area contributed by atoms with Crippen molar-refractivity contribution in [3.8, 4) is 0 Å². The molecule has 0 bridgehead atoms. The van der Waals surface area contributed by atoms with E-state index in [4.69, 9.17) is 5.73 Å². The number of H-pyrrole nitrogens is 1. The molecule has 2 aromatic heterocycles. The molecule has 0 radical (unpaired) electrons. The van der Waals surface area contributed by atoms with Gasteiger partial charge in [0.2, 0.25) is 0 Å². The molecule has 23 heavy (non-hydrogen) atoms. The summed E-state index contributed by atoms with van der Waals surface area (Å²) in [6, 6.07) is 9.68. The van der Waals surface area contributed by atoms with Crippen molar-refractivity contribution in [2.75, 3.05) is 5.32 Å². The van der Waals surface area contributed by atoms with Crippen LogP contribution in [-0.4, -0.2) is 20.7 Å². The summed E-state index contributed by atoms with van der Waals surface area (Å²) in [6.45, 7) is 2.77. The van der Waals surface area contributed by atoms with Crippen LogP contribution in [0.15, 0.2) is 30.3 Å². The predicted molar refractivity (Wildman–Crippen MR) is 89.4 cm³/mol. The molecule has 0 saturated heterocycles. The van der Waals surface area contributed by atoms with E-state index in [0.717, 1.165) is 47.4 Å². The van der Waals surface area contributed by atoms with Gasteiger partial charge in [-0.2, -0.15) is 5.10 Å². The summed E-state index contributed by atoms with van der Waals surface area (Å²) in [7, 11) is 0. The fourth-order valence-electron chi connectivity index (χ4n) is 3.24. The number of carbonyl (C=O) groups excluding carboxylic acids is 1. The second kappa shape index (κ2) is 5.24. The van der Waals surface area contributed by atoms with Crippen LogP contribution in [0.3, 0.4) is 0 Å². The van der Waals surface area contributed by atoms with Gasteiger partial charge in [0.05, 0.1) is 11.4 Å². The zero-order chi connectivity index (χ0) is 16.0. The smallest absolute Gasteiger partial charge is 0.276 e. The zero-order valence-electron chi connectivity index (χ0n) is 13.0. The van der Waals surface area contributed by atoms with Crippen LogP contribution in [0, 0.1) is 6.92 Å². The minimum Gasteiger partial charge on any atom is -0.357 e. The number of aromatic nitrogens is 3. The SMILES string of the molecule is Cc1[nH]c2ccccc2c1NC(=O)c1cc2n(n1)CCCC2N. The lowest BCUT2D eigenvalue weighted by atomic mass is 10.1. The molecule has 0 aliphatic carbocycles. The molecule has 1 atom stereocenters. The van der Waals surface area contributed by atoms with E-state index in [9.17, 15) is 4.79 Å². The van der Waals surface area contributed by atoms with Crippen molar-refractivity contribution >= 4 is 22.5 Å². The number of nitrogens with zero attached hydrogens (tertiary/aromatic N) is 2. The number of para-hydroxylation sites is 1. The number of benzene rings is 1. The van der Waals surface area contributed by atoms with Crippen molar-refractivity contribution in [2.24, 2.45) is 5.73 Å². The maximum absolute atomic E-state index is 12.6. The molecule has 0 saturated carbocycles. The third-order valence-corrected chi connectivity index (χ3v) is 4.44. The first kappa shape index (κ1) is 14.0. The second-order valence-corrected chi connectivity index (χ2v) is 6.05. The Kier molecular flexibility index (Phi) is 3.20. The lowest BCUT2D eigenvalue weighted by Crippen LogP contribution is -2.21. The molecule has 1 aliphatic heterocycles. The Morgan fingerprint density at radius 2 is 2.26 bits per heavy atom. The Bertz CT molecular complexity index is 892. The van der Waals surface area contributed by atoms with E-state index in [-0.39, 0.29) is 11.9 Å². The first-order valence-electron chi connectivity index (χ1n) is 7.85. The molecule has 1 amide bonds. The third-order valence-electron chi connectivity index (χ3n) is 4.44. The summed E-state index contributed by atoms with van der Waals surface area (Å²) in [6.07, 6.45) is 1.94. The van der Waals surface area contributed by atoms with Gasteiger partial charge >= 0.3 is 0 Å². The van der Waals surface area contributed by atoms with Crippen LogP contribution in [0.4, 0.5) is 5.69 Å². The van der Waals surface area contributed by atoms with Gasteiger partial charge in [-0.05, 0) is 31.9 Å². The third kappa shape index (κ3) is 2.31. The van der Waals surface area contributed by atoms with Crippen LogP contribution in [0.1, 0.15) is 40.8 Å². The number of amides is 1. The predicted octanol–water partition coefficient (Wildman–Crippen LogP) is 2.72. The van der Waals surface area contributed by atoms with Crippen LogP contribution in [0.2, 0.25) is 0 Å². The average molecular weight is 309 g/mol. The summed E-state index contributed by atoms with van der Waals surface area (Å²) in [5, 5.41) is 8.39. The number of rotatable bonds is 2. The van der Waals surface area contributed by atoms with Gasteiger partial charge in [0.1, 0.15) is 0 Å². The van der Waals surface area contributed by atoms with E-state index in [0.29, 0.717) is 5.69 Å². The van der Waals surface area contributed by atoms with Crippen LogP contribution in [-0.2, 0) is 6.54 Å². The van der Waals surface area contributed by atoms with Gasteiger partial charge < -0.3 is 16.0 Å². The highest BCUT2D eigenvalue weighted by Crippen LogP contribution is 2.28. The Morgan fingerprint density at radius 1 is 1.43 bits per heavy atom. The summed E-state index contributed by atoms with van der Waals surface area (Å²) in [5.41, 5.74) is 10.2. The van der Waals surface area contributed by atoms with Crippen molar-refractivity contribution < 1.29 is 4.79 Å². The lowest BCUT2D eigenvalue weighted by molar-refractivity contribution is 0.102. The van der Waals surface area contributed by atoms with Crippen molar-refractivity contribution in [3.05, 3.63) is 47.4 Å². The molecule has 4 N–H and O–H groups in total. The Morgan fingerprint density at radius 3 is 3.09 bits per heavy atom. The van der Waals surface area contributed by atoms with E-state index in [1.165, 1.54) is 0 Å². The number of aromatic amines is 1. The Hall–Kier alpha value is -2.60. The minimum absolute atomic E-state index is 0.0346. The van der Waals surface area contributed by atoms with Crippen LogP contribution in [0.5, 0.6) is 0 Å². The molecule has 3 aromatic rings. The van der Waals surface area contributed by atoms with Gasteiger partial charge in [-0.1, -0.05) is 18.2 Å². The topological polar surface area (TPSA) is 88.7 Å². The Labute approximate surface area is 133 Å². The number of nitrogens with two attached hydrogens (primary N) is 1. The van der Waals surface area contributed by atoms with E-state index in [1.54, 1.807) is 0 Å². The van der Waals surface area contributed by atoms with Gasteiger partial charge in [-0.25, -0.2) is 0 Å². The van der Waals surface area contributed by atoms with Gasteiger partial charge in [-0.3, -0.25) is 9.48 Å². The average Bonchev–Trinajstić information content (AvgIpc) is 3.10. The van der Waals surface area contributed by atoms with E-state index in [1.807, 2.05) is 41.9 Å². The number of hydrogen-bond donors (Lipinski definition) is 3. The molecule has 1 unspecified atom stereocenters. The highest BCUT2D eigenvalue weighted by atomic mass is 16.2. The monoisotopic (exact) mass is 309 g/mol. The number of hydrogen-bond acceptors (Lipinski definition) is 3. The zero-order valence-corrected chi connectivity index (χ0v) is 13.0. The van der Waals surface area contributed by atoms with E-state index >= 15 is 0 Å². The maximum Gasteiger partial charge on any atom is 0.276 e. The van der Waals surface area contributed by atoms with Crippen LogP contribution in [0.25, 0.3) is 10.9 Å². The van der Waals surface area contributed by atoms with Crippen molar-refractivity contribution in [3.63, 3.8) is 0 Å². The van der Waals surface area contributed by atoms with Gasteiger partial charge in [-0.15, -0.1) is 0 Å². The molecule has 0 fully saturated rings. The fourth-order valence-corrected chi connectivity index (χ4v) is 3.24. The van der Waals surface area contributed by atoms with Gasteiger partial charge in [0.25, 0.3) is 5.91 Å². The molecule has 6 heteroatoms. The largest absolute Gasteiger partial charge is 0.357 e. The summed E-state index contributed by atoms with van der Waals surface area (Å²) < 4.78 is 1.85. The van der Waals surface area contributed by atoms with Crippen LogP contribution < -0.4 is 11.1 Å². The first-order chi connectivity index (χ1) is 11.1. The fraction of sp³-hybridized carbons (Fsp3) is 0.294. The molecule has 4 rings (SSSR count). The molecule has 1 aromatic carbocycles. The van der Waals surface area contributed by atoms with Crippen molar-refractivity contribution in [1.82, 2.24) is 14.8 Å². The second-order valence-electron chi connectivity index (χ2n) is 6.05. The molecule has 3 heterocycles. The number of carbonyl (C=O) groups is 1. The number of nitrogens with one attached hydrogen (secondary N) is 2. The highest BCUT2D eigenvalue weighted by molar-refractivity contribution is 6.09. The molecule has 6 nitrogen and oxygen atoms in total. The van der Waals surface area contributed by atoms with E-state index in [2.05, 4.69) is 15.4 Å². The van der Waals surface area contributed by atoms with Gasteiger partial charge in [0.15, 0.2) is 5.69 Å². The Balaban J connectivity index is 1.66. The lowest BCUT2D eigenvalue weighted by Gasteiger charge is -2.19. The number of fused-ring (bicyclic) bond motifs is 2. The number of aryl methyl sites for hydroxylation is 2. The van der Waals surface area contributed by atoms with Crippen LogP contribution >= 0.6 is 0 Å². The maximum atomic E-state index is 12.6. The van der Waals surface area contributed by atoms with Crippen molar-refractivity contribution in [1.29, 1.82) is 0 Å². The summed E-state index contributed by atoms with van der Waals surface area (Å²) in [5.74, 6) is -0.202. The highest BCUT2D eigenvalue weighted by Gasteiger charge is 2.22. The summed E-state index contributed by atoms with van der Waals surface area (Å²) >= 11 is 0. The normalized spacial score (nSPS) is 17.2. The molecule has 0 spiro atoms.